The molecule has 10 heteroatoms. The molecule has 1 fully saturated rings. The first-order valence-corrected chi connectivity index (χ1v) is 10.6. The maximum Gasteiger partial charge on any atom is 0.350 e. The van der Waals surface area contributed by atoms with Crippen LogP contribution in [0.1, 0.15) is 33.6 Å². The van der Waals surface area contributed by atoms with Crippen molar-refractivity contribution in [2.24, 2.45) is 0 Å². The molecule has 1 aromatic heterocycles. The molecule has 0 amide bonds. The zero-order valence-electron chi connectivity index (χ0n) is 14.1. The van der Waals surface area contributed by atoms with E-state index in [1.54, 1.807) is 0 Å². The Morgan fingerprint density at radius 1 is 1.37 bits per heavy atom. The number of esters is 1. The second-order valence-electron chi connectivity index (χ2n) is 6.25. The van der Waals surface area contributed by atoms with Gasteiger partial charge in [0.15, 0.2) is 6.79 Å². The number of rotatable bonds is 6. The molecule has 0 saturated heterocycles. The highest BCUT2D eigenvalue weighted by Gasteiger charge is 2.32. The van der Waals surface area contributed by atoms with Crippen molar-refractivity contribution in [2.75, 3.05) is 6.79 Å². The van der Waals surface area contributed by atoms with Crippen LogP contribution in [-0.4, -0.2) is 27.2 Å². The van der Waals surface area contributed by atoms with Crippen LogP contribution in [0.5, 0.6) is 5.75 Å². The molecule has 2 aromatic rings. The monoisotopic (exact) mass is 413 g/mol. The minimum Gasteiger partial charge on any atom is -0.467 e. The molecule has 1 aliphatic heterocycles. The summed E-state index contributed by atoms with van der Waals surface area (Å²) in [4.78, 5) is 12.3. The van der Waals surface area contributed by atoms with Crippen molar-refractivity contribution in [1.82, 2.24) is 4.72 Å². The van der Waals surface area contributed by atoms with E-state index in [9.17, 15) is 17.6 Å². The number of halogens is 1. The fourth-order valence-corrected chi connectivity index (χ4v) is 5.33. The van der Waals surface area contributed by atoms with E-state index in [0.29, 0.717) is 16.9 Å². The molecular weight excluding hydrogens is 397 g/mol. The number of hydrogen-bond donors (Lipinski definition) is 1. The highest BCUT2D eigenvalue weighted by atomic mass is 32.2. The Kier molecular flexibility index (Phi) is 4.89. The fourth-order valence-electron chi connectivity index (χ4n) is 2.71. The Bertz CT molecular complexity index is 983. The summed E-state index contributed by atoms with van der Waals surface area (Å²) in [7, 11) is -3.78. The van der Waals surface area contributed by atoms with E-state index in [-0.39, 0.29) is 35.8 Å². The summed E-state index contributed by atoms with van der Waals surface area (Å²) in [5.41, 5.74) is 0.888. The zero-order valence-corrected chi connectivity index (χ0v) is 15.7. The third-order valence-corrected chi connectivity index (χ3v) is 6.70. The van der Waals surface area contributed by atoms with Gasteiger partial charge in [-0.05, 0) is 36.4 Å². The molecular formula is C17H16FNO6S2. The van der Waals surface area contributed by atoms with Crippen molar-refractivity contribution in [3.05, 3.63) is 45.4 Å². The number of fused-ring (bicyclic) bond motifs is 1. The average Bonchev–Trinajstić information content (AvgIpc) is 3.28. The molecule has 27 heavy (non-hydrogen) atoms. The first kappa shape index (κ1) is 18.4. The van der Waals surface area contributed by atoms with Gasteiger partial charge in [-0.15, -0.1) is 11.3 Å². The lowest BCUT2D eigenvalue weighted by Gasteiger charge is -2.20. The van der Waals surface area contributed by atoms with Gasteiger partial charge in [0.2, 0.25) is 10.0 Å². The number of thiophene rings is 1. The first-order chi connectivity index (χ1) is 12.9. The maximum absolute atomic E-state index is 13.8. The average molecular weight is 413 g/mol. The molecule has 1 saturated carbocycles. The van der Waals surface area contributed by atoms with Crippen molar-refractivity contribution < 1.29 is 31.8 Å². The van der Waals surface area contributed by atoms with Gasteiger partial charge in [-0.25, -0.2) is 22.3 Å². The van der Waals surface area contributed by atoms with Gasteiger partial charge in [0, 0.05) is 17.2 Å². The second-order valence-corrected chi connectivity index (χ2v) is 8.85. The standard InChI is InChI=1S/C17H16FNO6S2/c18-12-5-10-7-23-9-25-15(10)11(6-12)8-24-17(20)16-14(3-4-26-16)27(21,22)19-13-1-2-13/h3-6,13,19H,1-2,7-9H2. The quantitative estimate of drug-likeness (QED) is 0.732. The predicted octanol–water partition coefficient (Wildman–Crippen LogP) is 2.55. The Hall–Kier alpha value is -2.01. The molecule has 0 atom stereocenters. The van der Waals surface area contributed by atoms with Gasteiger partial charge in [0.25, 0.3) is 0 Å². The summed E-state index contributed by atoms with van der Waals surface area (Å²) >= 11 is 0.980. The Balaban J connectivity index is 1.51. The molecule has 1 N–H and O–H groups in total. The van der Waals surface area contributed by atoms with E-state index in [4.69, 9.17) is 14.2 Å². The number of benzene rings is 1. The van der Waals surface area contributed by atoms with Gasteiger partial charge in [-0.1, -0.05) is 0 Å². The predicted molar refractivity (Wildman–Crippen MR) is 93.5 cm³/mol. The van der Waals surface area contributed by atoms with E-state index < -0.39 is 21.8 Å². The van der Waals surface area contributed by atoms with Crippen LogP contribution in [0.2, 0.25) is 0 Å². The van der Waals surface area contributed by atoms with Gasteiger partial charge in [0.1, 0.15) is 27.9 Å². The van der Waals surface area contributed by atoms with Crippen molar-refractivity contribution in [2.45, 2.75) is 37.0 Å². The number of hydrogen-bond acceptors (Lipinski definition) is 7. The number of carbonyl (C=O) groups excluding carboxylic acids is 1. The van der Waals surface area contributed by atoms with Gasteiger partial charge >= 0.3 is 5.97 Å². The molecule has 1 aromatic carbocycles. The van der Waals surface area contributed by atoms with E-state index in [1.165, 1.54) is 23.6 Å². The Labute approximate surface area is 159 Å². The van der Waals surface area contributed by atoms with Gasteiger partial charge in [-0.2, -0.15) is 0 Å². The van der Waals surface area contributed by atoms with Crippen LogP contribution in [0.4, 0.5) is 4.39 Å². The summed E-state index contributed by atoms with van der Waals surface area (Å²) in [6.07, 6.45) is 1.58. The molecule has 2 heterocycles. The lowest BCUT2D eigenvalue weighted by molar-refractivity contribution is -0.0182. The van der Waals surface area contributed by atoms with E-state index in [0.717, 1.165) is 24.2 Å². The van der Waals surface area contributed by atoms with Crippen LogP contribution in [0.15, 0.2) is 28.5 Å². The number of ether oxygens (including phenoxy) is 3. The largest absolute Gasteiger partial charge is 0.467 e. The molecule has 0 radical (unpaired) electrons. The topological polar surface area (TPSA) is 90.9 Å². The summed E-state index contributed by atoms with van der Waals surface area (Å²) in [5, 5.41) is 1.52. The first-order valence-electron chi connectivity index (χ1n) is 8.23. The lowest BCUT2D eigenvalue weighted by Crippen LogP contribution is -2.26. The van der Waals surface area contributed by atoms with Crippen molar-refractivity contribution in [1.29, 1.82) is 0 Å². The van der Waals surface area contributed by atoms with E-state index in [1.807, 2.05) is 0 Å². The number of nitrogens with one attached hydrogen (secondary N) is 1. The molecule has 0 bridgehead atoms. The lowest BCUT2D eigenvalue weighted by atomic mass is 10.1. The van der Waals surface area contributed by atoms with Gasteiger partial charge in [0.05, 0.1) is 6.61 Å². The molecule has 0 unspecified atom stereocenters. The van der Waals surface area contributed by atoms with E-state index >= 15 is 0 Å². The number of carbonyl (C=O) groups is 1. The van der Waals surface area contributed by atoms with Crippen LogP contribution < -0.4 is 9.46 Å². The Morgan fingerprint density at radius 3 is 2.96 bits per heavy atom. The summed E-state index contributed by atoms with van der Waals surface area (Å²) in [6.45, 7) is -0.0136. The minimum absolute atomic E-state index is 0.0160. The second kappa shape index (κ2) is 7.19. The smallest absolute Gasteiger partial charge is 0.350 e. The molecule has 2 aliphatic rings. The van der Waals surface area contributed by atoms with Crippen molar-refractivity contribution in [3.8, 4) is 5.75 Å². The van der Waals surface area contributed by atoms with Crippen LogP contribution in [0, 0.1) is 5.82 Å². The molecule has 7 nitrogen and oxygen atoms in total. The van der Waals surface area contributed by atoms with Crippen molar-refractivity contribution >= 4 is 27.3 Å². The third kappa shape index (κ3) is 3.98. The molecule has 144 valence electrons. The highest BCUT2D eigenvalue weighted by molar-refractivity contribution is 7.89. The molecule has 0 spiro atoms. The SMILES string of the molecule is O=C(OCc1cc(F)cc2c1OCOC2)c1sccc1S(=O)(=O)NC1CC1. The van der Waals surface area contributed by atoms with E-state index in [2.05, 4.69) is 4.72 Å². The summed E-state index contributed by atoms with van der Waals surface area (Å²) in [6, 6.07) is 3.82. The maximum atomic E-state index is 13.8. The van der Waals surface area contributed by atoms with Gasteiger partial charge < -0.3 is 14.2 Å². The normalized spacial score (nSPS) is 16.5. The summed E-state index contributed by atoms with van der Waals surface area (Å²) < 4.78 is 56.8. The molecule has 4 rings (SSSR count). The summed E-state index contributed by atoms with van der Waals surface area (Å²) in [5.74, 6) is -0.863. The highest BCUT2D eigenvalue weighted by Crippen LogP contribution is 2.31. The van der Waals surface area contributed by atoms with Gasteiger partial charge in [-0.3, -0.25) is 0 Å². The van der Waals surface area contributed by atoms with Crippen molar-refractivity contribution in [3.63, 3.8) is 0 Å². The van der Waals surface area contributed by atoms with Crippen LogP contribution in [0.25, 0.3) is 0 Å². The molecule has 1 aliphatic carbocycles. The van der Waals surface area contributed by atoms with Crippen LogP contribution in [-0.2, 0) is 32.7 Å². The fraction of sp³-hybridized carbons (Fsp3) is 0.353. The van der Waals surface area contributed by atoms with Crippen LogP contribution >= 0.6 is 11.3 Å². The zero-order chi connectivity index (χ0) is 19.0. The van der Waals surface area contributed by atoms with Crippen LogP contribution in [0.3, 0.4) is 0 Å². The Morgan fingerprint density at radius 2 is 2.19 bits per heavy atom. The number of sulfonamides is 1. The minimum atomic E-state index is -3.78. The third-order valence-electron chi connectivity index (χ3n) is 4.11.